The van der Waals surface area contributed by atoms with Crippen molar-refractivity contribution in [3.05, 3.63) is 28.3 Å². The Morgan fingerprint density at radius 3 is 2.40 bits per heavy atom. The summed E-state index contributed by atoms with van der Waals surface area (Å²) in [7, 11) is 2.00. The van der Waals surface area contributed by atoms with Gasteiger partial charge in [-0.15, -0.1) is 0 Å². The molecule has 0 aliphatic heterocycles. The molecule has 3 nitrogen and oxygen atoms in total. The van der Waals surface area contributed by atoms with E-state index in [0.717, 1.165) is 0 Å². The molecule has 1 aromatic carbocycles. The van der Waals surface area contributed by atoms with Gasteiger partial charge in [0.05, 0.1) is 5.56 Å². The largest absolute Gasteiger partial charge is 0.507 e. The van der Waals surface area contributed by atoms with Crippen LogP contribution in [0, 0.1) is 5.41 Å². The normalized spacial score (nSPS) is 13.6. The van der Waals surface area contributed by atoms with Gasteiger partial charge in [-0.2, -0.15) is 0 Å². The highest BCUT2D eigenvalue weighted by Crippen LogP contribution is 2.30. The number of carbonyl (C=O) groups excluding carboxylic acids is 1. The third-order valence-electron chi connectivity index (χ3n) is 3.87. The number of rotatable bonds is 4. The minimum absolute atomic E-state index is 0.0369. The fourth-order valence-electron chi connectivity index (χ4n) is 2.11. The van der Waals surface area contributed by atoms with E-state index in [-0.39, 0.29) is 22.5 Å². The first kappa shape index (κ1) is 17.0. The summed E-state index contributed by atoms with van der Waals surface area (Å²) in [6.07, 6.45) is 0. The molecule has 0 aliphatic rings. The van der Waals surface area contributed by atoms with Gasteiger partial charge in [0.25, 0.3) is 0 Å². The van der Waals surface area contributed by atoms with Crippen LogP contribution in [0.25, 0.3) is 0 Å². The number of halogens is 1. The second-order valence-electron chi connectivity index (χ2n) is 6.47. The summed E-state index contributed by atoms with van der Waals surface area (Å²) in [5, 5.41) is 10.7. The van der Waals surface area contributed by atoms with Crippen LogP contribution in [0.4, 0.5) is 0 Å². The highest BCUT2D eigenvalue weighted by atomic mass is 35.5. The second-order valence-corrected chi connectivity index (χ2v) is 6.91. The number of hydrogen-bond acceptors (Lipinski definition) is 3. The molecule has 4 heteroatoms. The summed E-state index contributed by atoms with van der Waals surface area (Å²) >= 11 is 6.04. The fourth-order valence-corrected chi connectivity index (χ4v) is 2.35. The molecule has 1 aromatic rings. The minimum atomic E-state index is -0.183. The number of carbonyl (C=O) groups is 1. The number of hydrogen-bond donors (Lipinski definition) is 1. The lowest BCUT2D eigenvalue weighted by molar-refractivity contribution is 0.101. The van der Waals surface area contributed by atoms with E-state index in [2.05, 4.69) is 32.6 Å². The van der Waals surface area contributed by atoms with Crippen molar-refractivity contribution in [2.24, 2.45) is 5.41 Å². The Hall–Kier alpha value is -1.06. The highest BCUT2D eigenvalue weighted by Gasteiger charge is 2.25. The summed E-state index contributed by atoms with van der Waals surface area (Å²) in [6, 6.07) is 3.55. The Morgan fingerprint density at radius 1 is 1.40 bits per heavy atom. The molecule has 0 amide bonds. The van der Waals surface area contributed by atoms with Crippen LogP contribution in [-0.4, -0.2) is 28.9 Å². The van der Waals surface area contributed by atoms with Gasteiger partial charge in [-0.05, 0) is 38.4 Å². The molecule has 0 aliphatic carbocycles. The van der Waals surface area contributed by atoms with Crippen molar-refractivity contribution < 1.29 is 9.90 Å². The Balaban J connectivity index is 3.07. The second kappa shape index (κ2) is 6.15. The van der Waals surface area contributed by atoms with Gasteiger partial charge in [-0.1, -0.05) is 32.4 Å². The van der Waals surface area contributed by atoms with E-state index in [4.69, 9.17) is 11.6 Å². The summed E-state index contributed by atoms with van der Waals surface area (Å²) in [6.45, 7) is 10.6. The van der Waals surface area contributed by atoms with Gasteiger partial charge in [0.1, 0.15) is 5.75 Å². The van der Waals surface area contributed by atoms with Gasteiger partial charge in [-0.3, -0.25) is 9.69 Å². The Morgan fingerprint density at radius 2 is 1.95 bits per heavy atom. The molecule has 0 fully saturated rings. The van der Waals surface area contributed by atoms with E-state index in [1.807, 2.05) is 7.05 Å². The van der Waals surface area contributed by atoms with Crippen LogP contribution in [0.1, 0.15) is 50.5 Å². The van der Waals surface area contributed by atoms with Crippen LogP contribution in [0.3, 0.4) is 0 Å². The molecule has 0 saturated carbocycles. The number of aromatic hydroxyl groups is 1. The van der Waals surface area contributed by atoms with Crippen molar-refractivity contribution in [2.45, 2.75) is 47.2 Å². The van der Waals surface area contributed by atoms with Gasteiger partial charge in [0.2, 0.25) is 0 Å². The number of phenolic OH excluding ortho intramolecular Hbond substituents is 1. The van der Waals surface area contributed by atoms with Crippen molar-refractivity contribution in [1.82, 2.24) is 4.90 Å². The maximum Gasteiger partial charge on any atom is 0.163 e. The van der Waals surface area contributed by atoms with Crippen molar-refractivity contribution in [3.8, 4) is 5.75 Å². The lowest BCUT2D eigenvalue weighted by Crippen LogP contribution is -2.38. The molecule has 1 rings (SSSR count). The summed E-state index contributed by atoms with van der Waals surface area (Å²) < 4.78 is 0. The molecule has 0 bridgehead atoms. The van der Waals surface area contributed by atoms with Gasteiger partial charge in [-0.25, -0.2) is 0 Å². The van der Waals surface area contributed by atoms with Crippen molar-refractivity contribution >= 4 is 17.4 Å². The molecule has 0 heterocycles. The first-order valence-corrected chi connectivity index (χ1v) is 7.14. The zero-order chi connectivity index (χ0) is 15.7. The smallest absolute Gasteiger partial charge is 0.163 e. The quantitative estimate of drug-likeness (QED) is 0.850. The third-order valence-corrected chi connectivity index (χ3v) is 4.09. The predicted octanol–water partition coefficient (Wildman–Crippen LogP) is 4.11. The maximum absolute atomic E-state index is 11.5. The van der Waals surface area contributed by atoms with Crippen LogP contribution in [0.2, 0.25) is 5.02 Å². The minimum Gasteiger partial charge on any atom is -0.507 e. The zero-order valence-corrected chi connectivity index (χ0v) is 13.9. The lowest BCUT2D eigenvalue weighted by Gasteiger charge is -2.35. The fraction of sp³-hybridized carbons (Fsp3) is 0.562. The monoisotopic (exact) mass is 297 g/mol. The lowest BCUT2D eigenvalue weighted by atomic mass is 9.87. The summed E-state index contributed by atoms with van der Waals surface area (Å²) in [4.78, 5) is 13.7. The van der Waals surface area contributed by atoms with E-state index in [0.29, 0.717) is 23.2 Å². The van der Waals surface area contributed by atoms with Gasteiger partial charge in [0.15, 0.2) is 5.78 Å². The van der Waals surface area contributed by atoms with E-state index < -0.39 is 0 Å². The first-order valence-electron chi connectivity index (χ1n) is 6.76. The molecule has 1 N–H and O–H groups in total. The Bertz CT molecular complexity index is 506. The first-order chi connectivity index (χ1) is 9.04. The van der Waals surface area contributed by atoms with Crippen LogP contribution in [0.15, 0.2) is 12.1 Å². The molecule has 0 radical (unpaired) electrons. The molecule has 0 spiro atoms. The van der Waals surface area contributed by atoms with Gasteiger partial charge >= 0.3 is 0 Å². The number of phenols is 1. The Kier molecular flexibility index (Phi) is 5.22. The molecule has 1 atom stereocenters. The third kappa shape index (κ3) is 3.97. The molecule has 0 aromatic heterocycles. The van der Waals surface area contributed by atoms with Crippen molar-refractivity contribution in [2.75, 3.05) is 7.05 Å². The number of Topliss-reactive ketones (excluding diaryl/α,β-unsaturated/α-hetero) is 1. The SMILES string of the molecule is CC(=O)c1cc(Cl)cc(CN(C)C(C)C(C)(C)C)c1O. The van der Waals surface area contributed by atoms with Crippen LogP contribution in [0.5, 0.6) is 5.75 Å². The highest BCUT2D eigenvalue weighted by molar-refractivity contribution is 6.31. The summed E-state index contributed by atoms with van der Waals surface area (Å²) in [5.41, 5.74) is 1.09. The van der Waals surface area contributed by atoms with E-state index in [1.165, 1.54) is 13.0 Å². The van der Waals surface area contributed by atoms with E-state index >= 15 is 0 Å². The molecular weight excluding hydrogens is 274 g/mol. The summed E-state index contributed by atoms with van der Waals surface area (Å²) in [5.74, 6) is -0.146. The van der Waals surface area contributed by atoms with Gasteiger partial charge < -0.3 is 5.11 Å². The van der Waals surface area contributed by atoms with E-state index in [1.54, 1.807) is 6.07 Å². The zero-order valence-electron chi connectivity index (χ0n) is 13.1. The average molecular weight is 298 g/mol. The number of benzene rings is 1. The molecular formula is C16H24ClNO2. The maximum atomic E-state index is 11.5. The predicted molar refractivity (Wildman–Crippen MR) is 83.5 cm³/mol. The van der Waals surface area contributed by atoms with E-state index in [9.17, 15) is 9.90 Å². The molecule has 1 unspecified atom stereocenters. The van der Waals surface area contributed by atoms with Crippen molar-refractivity contribution in [3.63, 3.8) is 0 Å². The number of nitrogens with zero attached hydrogens (tertiary/aromatic N) is 1. The number of ketones is 1. The topological polar surface area (TPSA) is 40.5 Å². The Labute approximate surface area is 126 Å². The molecule has 20 heavy (non-hydrogen) atoms. The molecule has 0 saturated heterocycles. The molecule has 112 valence electrons. The van der Waals surface area contributed by atoms with Crippen LogP contribution >= 0.6 is 11.6 Å². The van der Waals surface area contributed by atoms with Crippen LogP contribution < -0.4 is 0 Å². The van der Waals surface area contributed by atoms with Crippen molar-refractivity contribution in [1.29, 1.82) is 0 Å². The standard InChI is InChI=1S/C16H24ClNO2/c1-10(19)14-8-13(17)7-12(15(14)20)9-18(6)11(2)16(3,4)5/h7-8,11,20H,9H2,1-6H3. The average Bonchev–Trinajstić information content (AvgIpc) is 2.30. The van der Waals surface area contributed by atoms with Crippen LogP contribution in [-0.2, 0) is 6.54 Å². The van der Waals surface area contributed by atoms with Gasteiger partial charge in [0, 0.05) is 23.2 Å².